The number of nitrogens with zero attached hydrogens (tertiary/aromatic N) is 1. The fourth-order valence-corrected chi connectivity index (χ4v) is 2.50. The Morgan fingerprint density at radius 2 is 2.20 bits per heavy atom. The monoisotopic (exact) mass is 212 g/mol. The molecule has 3 nitrogen and oxygen atoms in total. The van der Waals surface area contributed by atoms with Gasteiger partial charge in [-0.15, -0.1) is 0 Å². The lowest BCUT2D eigenvalue weighted by Gasteiger charge is -2.38. The van der Waals surface area contributed by atoms with E-state index >= 15 is 0 Å². The average molecular weight is 212 g/mol. The van der Waals surface area contributed by atoms with Crippen LogP contribution in [0.1, 0.15) is 39.5 Å². The van der Waals surface area contributed by atoms with E-state index in [1.165, 1.54) is 0 Å². The molecule has 0 saturated carbocycles. The molecular formula is C12H24N2O. The van der Waals surface area contributed by atoms with Crippen LogP contribution >= 0.6 is 0 Å². The zero-order chi connectivity index (χ0) is 11.3. The van der Waals surface area contributed by atoms with E-state index in [0.717, 1.165) is 45.3 Å². The van der Waals surface area contributed by atoms with Crippen molar-refractivity contribution in [2.75, 3.05) is 26.7 Å². The lowest BCUT2D eigenvalue weighted by Crippen LogP contribution is -2.50. The van der Waals surface area contributed by atoms with Gasteiger partial charge in [0, 0.05) is 20.1 Å². The minimum atomic E-state index is -0.113. The summed E-state index contributed by atoms with van der Waals surface area (Å²) in [6, 6.07) is 0. The highest BCUT2D eigenvalue weighted by Crippen LogP contribution is 2.33. The highest BCUT2D eigenvalue weighted by Gasteiger charge is 2.39. The molecule has 0 radical (unpaired) electrons. The molecule has 1 fully saturated rings. The quantitative estimate of drug-likeness (QED) is 0.768. The zero-order valence-electron chi connectivity index (χ0n) is 10.3. The number of amides is 1. The van der Waals surface area contributed by atoms with E-state index in [-0.39, 0.29) is 5.41 Å². The third kappa shape index (κ3) is 2.71. The van der Waals surface area contributed by atoms with Crippen molar-refractivity contribution in [1.29, 1.82) is 0 Å². The summed E-state index contributed by atoms with van der Waals surface area (Å²) in [7, 11) is 1.91. The molecule has 0 aromatic rings. The first kappa shape index (κ1) is 12.5. The Labute approximate surface area is 93.2 Å². The van der Waals surface area contributed by atoms with Gasteiger partial charge in [0.1, 0.15) is 0 Å². The molecule has 0 bridgehead atoms. The van der Waals surface area contributed by atoms with Crippen molar-refractivity contribution in [2.24, 2.45) is 5.41 Å². The van der Waals surface area contributed by atoms with Gasteiger partial charge in [0.15, 0.2) is 0 Å². The summed E-state index contributed by atoms with van der Waals surface area (Å²) in [5.74, 6) is 0.332. The molecule has 1 N–H and O–H groups in total. The summed E-state index contributed by atoms with van der Waals surface area (Å²) >= 11 is 0. The Hall–Kier alpha value is -0.570. The van der Waals surface area contributed by atoms with E-state index in [4.69, 9.17) is 0 Å². The van der Waals surface area contributed by atoms with Crippen molar-refractivity contribution in [3.05, 3.63) is 0 Å². The highest BCUT2D eigenvalue weighted by molar-refractivity contribution is 5.82. The summed E-state index contributed by atoms with van der Waals surface area (Å²) in [4.78, 5) is 14.2. The largest absolute Gasteiger partial charge is 0.346 e. The Bertz CT molecular complexity index is 204. The van der Waals surface area contributed by atoms with Crippen molar-refractivity contribution in [1.82, 2.24) is 10.2 Å². The number of nitrogens with one attached hydrogen (secondary N) is 1. The van der Waals surface area contributed by atoms with Crippen LogP contribution in [0, 0.1) is 5.41 Å². The molecule has 1 aliphatic heterocycles. The first-order valence-corrected chi connectivity index (χ1v) is 6.12. The van der Waals surface area contributed by atoms with Gasteiger partial charge in [-0.25, -0.2) is 0 Å². The maximum absolute atomic E-state index is 12.3. The number of hydrogen-bond acceptors (Lipinski definition) is 2. The predicted octanol–water partition coefficient (Wildman–Crippen LogP) is 1.63. The van der Waals surface area contributed by atoms with Crippen LogP contribution in [0.15, 0.2) is 0 Å². The maximum Gasteiger partial charge on any atom is 0.229 e. The Balaban J connectivity index is 2.74. The third-order valence-corrected chi connectivity index (χ3v) is 3.48. The lowest BCUT2D eigenvalue weighted by atomic mass is 9.76. The number of carbonyl (C=O) groups excluding carboxylic acids is 1. The van der Waals surface area contributed by atoms with Crippen LogP contribution in [0.5, 0.6) is 0 Å². The second kappa shape index (κ2) is 5.50. The molecule has 1 atom stereocenters. The van der Waals surface area contributed by atoms with Crippen LogP contribution in [0.25, 0.3) is 0 Å². The Kier molecular flexibility index (Phi) is 4.58. The molecule has 1 aliphatic rings. The van der Waals surface area contributed by atoms with Crippen LogP contribution in [0.2, 0.25) is 0 Å². The molecule has 3 heteroatoms. The van der Waals surface area contributed by atoms with Crippen molar-refractivity contribution in [3.8, 4) is 0 Å². The molecule has 1 heterocycles. The van der Waals surface area contributed by atoms with Gasteiger partial charge in [0.05, 0.1) is 5.41 Å². The first-order valence-electron chi connectivity index (χ1n) is 6.12. The molecule has 0 aliphatic carbocycles. The summed E-state index contributed by atoms with van der Waals surface area (Å²) in [6.07, 6.45) is 4.29. The van der Waals surface area contributed by atoms with Gasteiger partial charge in [0.2, 0.25) is 5.91 Å². The molecule has 1 saturated heterocycles. The predicted molar refractivity (Wildman–Crippen MR) is 62.8 cm³/mol. The first-order chi connectivity index (χ1) is 7.16. The van der Waals surface area contributed by atoms with Crippen molar-refractivity contribution in [3.63, 3.8) is 0 Å². The van der Waals surface area contributed by atoms with Crippen molar-refractivity contribution >= 4 is 5.91 Å². The van der Waals surface area contributed by atoms with Crippen LogP contribution in [-0.4, -0.2) is 37.5 Å². The molecule has 15 heavy (non-hydrogen) atoms. The van der Waals surface area contributed by atoms with Crippen LogP contribution in [-0.2, 0) is 4.79 Å². The van der Waals surface area contributed by atoms with Gasteiger partial charge < -0.3 is 10.2 Å². The van der Waals surface area contributed by atoms with E-state index in [9.17, 15) is 4.79 Å². The number of carbonyl (C=O) groups is 1. The van der Waals surface area contributed by atoms with E-state index in [1.807, 2.05) is 18.9 Å². The molecule has 1 unspecified atom stereocenters. The summed E-state index contributed by atoms with van der Waals surface area (Å²) in [5, 5.41) is 3.37. The normalized spacial score (nSPS) is 26.3. The van der Waals surface area contributed by atoms with E-state index in [2.05, 4.69) is 12.2 Å². The van der Waals surface area contributed by atoms with E-state index in [0.29, 0.717) is 5.91 Å². The Morgan fingerprint density at radius 1 is 1.47 bits per heavy atom. The fourth-order valence-electron chi connectivity index (χ4n) is 2.50. The van der Waals surface area contributed by atoms with Crippen molar-refractivity contribution in [2.45, 2.75) is 39.5 Å². The summed E-state index contributed by atoms with van der Waals surface area (Å²) in [6.45, 7) is 6.94. The molecule has 0 aromatic carbocycles. The Morgan fingerprint density at radius 3 is 2.67 bits per heavy atom. The third-order valence-electron chi connectivity index (χ3n) is 3.48. The van der Waals surface area contributed by atoms with Gasteiger partial charge in [0.25, 0.3) is 0 Å². The SMILES string of the molecule is CCCC1(C(=O)N(C)CC)CCCNC1. The molecule has 1 amide bonds. The lowest BCUT2D eigenvalue weighted by molar-refractivity contribution is -0.142. The second-order valence-corrected chi connectivity index (χ2v) is 4.63. The zero-order valence-corrected chi connectivity index (χ0v) is 10.3. The van der Waals surface area contributed by atoms with Gasteiger partial charge in [-0.05, 0) is 32.7 Å². The van der Waals surface area contributed by atoms with E-state index in [1.54, 1.807) is 0 Å². The molecule has 0 spiro atoms. The van der Waals surface area contributed by atoms with Gasteiger partial charge in [-0.1, -0.05) is 13.3 Å². The second-order valence-electron chi connectivity index (χ2n) is 4.63. The van der Waals surface area contributed by atoms with Crippen molar-refractivity contribution < 1.29 is 4.79 Å². The van der Waals surface area contributed by atoms with Gasteiger partial charge >= 0.3 is 0 Å². The van der Waals surface area contributed by atoms with Gasteiger partial charge in [-0.3, -0.25) is 4.79 Å². The number of rotatable bonds is 4. The van der Waals surface area contributed by atoms with Gasteiger partial charge in [-0.2, -0.15) is 0 Å². The van der Waals surface area contributed by atoms with Crippen LogP contribution < -0.4 is 5.32 Å². The standard InChI is InChI=1S/C12H24N2O/c1-4-7-12(8-6-9-13-10-12)11(15)14(3)5-2/h13H,4-10H2,1-3H3. The molecule has 0 aromatic heterocycles. The summed E-state index contributed by atoms with van der Waals surface area (Å²) < 4.78 is 0. The summed E-state index contributed by atoms with van der Waals surface area (Å²) in [5.41, 5.74) is -0.113. The smallest absolute Gasteiger partial charge is 0.229 e. The highest BCUT2D eigenvalue weighted by atomic mass is 16.2. The fraction of sp³-hybridized carbons (Fsp3) is 0.917. The minimum Gasteiger partial charge on any atom is -0.346 e. The minimum absolute atomic E-state index is 0.113. The molecule has 1 rings (SSSR count). The average Bonchev–Trinajstić information content (AvgIpc) is 2.28. The number of hydrogen-bond donors (Lipinski definition) is 1. The number of piperidine rings is 1. The molecular weight excluding hydrogens is 188 g/mol. The van der Waals surface area contributed by atoms with E-state index < -0.39 is 0 Å². The molecule has 88 valence electrons. The van der Waals surface area contributed by atoms with Crippen LogP contribution in [0.3, 0.4) is 0 Å². The topological polar surface area (TPSA) is 32.3 Å². The van der Waals surface area contributed by atoms with Crippen LogP contribution in [0.4, 0.5) is 0 Å². The maximum atomic E-state index is 12.3.